The summed E-state index contributed by atoms with van der Waals surface area (Å²) in [6.45, 7) is 10.3. The average Bonchev–Trinajstić information content (AvgIpc) is 3.13. The number of methoxy groups -OCH3 is 1. The van der Waals surface area contributed by atoms with Crippen LogP contribution in [0, 0.1) is 0 Å². The second-order valence-electron chi connectivity index (χ2n) is 8.04. The van der Waals surface area contributed by atoms with Crippen LogP contribution in [0.25, 0.3) is 0 Å². The Balaban J connectivity index is 1.69. The van der Waals surface area contributed by atoms with Gasteiger partial charge in [0.1, 0.15) is 24.4 Å². The van der Waals surface area contributed by atoms with Crippen LogP contribution in [0.4, 0.5) is 0 Å². The van der Waals surface area contributed by atoms with Crippen molar-refractivity contribution in [3.05, 3.63) is 0 Å². The van der Waals surface area contributed by atoms with Gasteiger partial charge in [-0.25, -0.2) is 0 Å². The number of ether oxygens (including phenoxy) is 8. The summed E-state index contributed by atoms with van der Waals surface area (Å²) in [4.78, 5) is 0. The van der Waals surface area contributed by atoms with Gasteiger partial charge in [0, 0.05) is 7.11 Å². The Morgan fingerprint density at radius 2 is 1.36 bits per heavy atom. The Morgan fingerprint density at radius 3 is 1.75 bits per heavy atom. The van der Waals surface area contributed by atoms with Gasteiger partial charge in [-0.3, -0.25) is 0 Å². The molecule has 1 N–H and O–H groups in total. The van der Waals surface area contributed by atoms with Gasteiger partial charge in [-0.2, -0.15) is 0 Å². The summed E-state index contributed by atoms with van der Waals surface area (Å²) in [7, 11) is 1.53. The molecule has 2 aliphatic rings. The van der Waals surface area contributed by atoms with Crippen LogP contribution in [0.2, 0.25) is 0 Å². The molecule has 0 aliphatic carbocycles. The monoisotopic (exact) mass is 408 g/mol. The third-order valence-corrected chi connectivity index (χ3v) is 4.23. The highest BCUT2D eigenvalue weighted by molar-refractivity contribution is 4.72. The first-order valence-corrected chi connectivity index (χ1v) is 9.77. The van der Waals surface area contributed by atoms with Gasteiger partial charge >= 0.3 is 0 Å². The lowest BCUT2D eigenvalue weighted by molar-refractivity contribution is -0.153. The zero-order chi connectivity index (χ0) is 20.6. The number of hydrogen-bond donors (Lipinski definition) is 1. The van der Waals surface area contributed by atoms with Crippen molar-refractivity contribution in [2.24, 2.45) is 0 Å². The second-order valence-corrected chi connectivity index (χ2v) is 8.04. The van der Waals surface area contributed by atoms with Crippen molar-refractivity contribution < 1.29 is 43.0 Å². The smallest absolute Gasteiger partial charge is 0.163 e. The van der Waals surface area contributed by atoms with Crippen molar-refractivity contribution in [3.63, 3.8) is 0 Å². The minimum atomic E-state index is -0.702. The zero-order valence-corrected chi connectivity index (χ0v) is 17.7. The van der Waals surface area contributed by atoms with Crippen LogP contribution in [0.3, 0.4) is 0 Å². The van der Waals surface area contributed by atoms with Gasteiger partial charge in [-0.15, -0.1) is 0 Å². The van der Waals surface area contributed by atoms with Crippen LogP contribution in [-0.2, 0) is 37.9 Å². The first kappa shape index (κ1) is 23.9. The third-order valence-electron chi connectivity index (χ3n) is 4.23. The molecule has 0 aromatic heterocycles. The normalized spacial score (nSPS) is 28.5. The molecule has 0 radical (unpaired) electrons. The van der Waals surface area contributed by atoms with E-state index < -0.39 is 17.7 Å². The molecule has 0 spiro atoms. The van der Waals surface area contributed by atoms with Crippen molar-refractivity contribution in [3.8, 4) is 0 Å². The van der Waals surface area contributed by atoms with Crippen LogP contribution in [-0.4, -0.2) is 101 Å². The van der Waals surface area contributed by atoms with E-state index in [0.717, 1.165) is 0 Å². The summed E-state index contributed by atoms with van der Waals surface area (Å²) >= 11 is 0. The molecule has 9 nitrogen and oxygen atoms in total. The molecular weight excluding hydrogens is 372 g/mol. The summed E-state index contributed by atoms with van der Waals surface area (Å²) in [6, 6.07) is 0. The van der Waals surface area contributed by atoms with Gasteiger partial charge in [-0.1, -0.05) is 0 Å². The Kier molecular flexibility index (Phi) is 9.52. The van der Waals surface area contributed by atoms with E-state index in [1.54, 1.807) is 0 Å². The van der Waals surface area contributed by atoms with Gasteiger partial charge in [0.2, 0.25) is 0 Å². The van der Waals surface area contributed by atoms with Crippen LogP contribution < -0.4 is 0 Å². The van der Waals surface area contributed by atoms with Gasteiger partial charge < -0.3 is 43.0 Å². The lowest BCUT2D eigenvalue weighted by atomic mass is 10.3. The molecule has 9 heteroatoms. The van der Waals surface area contributed by atoms with Crippen molar-refractivity contribution in [1.29, 1.82) is 0 Å². The summed E-state index contributed by atoms with van der Waals surface area (Å²) < 4.78 is 44.6. The van der Waals surface area contributed by atoms with E-state index in [1.165, 1.54) is 7.11 Å². The Morgan fingerprint density at radius 1 is 0.857 bits per heavy atom. The molecule has 166 valence electrons. The Hall–Kier alpha value is -0.360. The predicted octanol–water partition coefficient (Wildman–Crippen LogP) is 0.715. The van der Waals surface area contributed by atoms with E-state index in [0.29, 0.717) is 39.6 Å². The van der Waals surface area contributed by atoms with E-state index in [9.17, 15) is 5.11 Å². The van der Waals surface area contributed by atoms with E-state index >= 15 is 0 Å². The first-order chi connectivity index (χ1) is 13.2. The summed E-state index contributed by atoms with van der Waals surface area (Å²) in [6.07, 6.45) is -1.26. The zero-order valence-electron chi connectivity index (χ0n) is 17.7. The van der Waals surface area contributed by atoms with Gasteiger partial charge in [-0.05, 0) is 27.7 Å². The van der Waals surface area contributed by atoms with Crippen molar-refractivity contribution in [2.45, 2.75) is 63.7 Å². The highest BCUT2D eigenvalue weighted by Gasteiger charge is 2.34. The number of hydrogen-bond acceptors (Lipinski definition) is 9. The van der Waals surface area contributed by atoms with E-state index in [-0.39, 0.29) is 31.5 Å². The summed E-state index contributed by atoms with van der Waals surface area (Å²) in [5, 5.41) is 9.80. The second kappa shape index (κ2) is 11.1. The van der Waals surface area contributed by atoms with Crippen molar-refractivity contribution in [2.75, 3.05) is 60.0 Å². The topological polar surface area (TPSA) is 94.1 Å². The van der Waals surface area contributed by atoms with Gasteiger partial charge in [0.15, 0.2) is 11.6 Å². The lowest BCUT2D eigenvalue weighted by Crippen LogP contribution is -2.34. The minimum Gasteiger partial charge on any atom is -0.388 e. The molecule has 3 atom stereocenters. The third kappa shape index (κ3) is 8.98. The van der Waals surface area contributed by atoms with E-state index in [4.69, 9.17) is 37.9 Å². The maximum absolute atomic E-state index is 9.80. The fraction of sp³-hybridized carbons (Fsp3) is 1.00. The first-order valence-electron chi connectivity index (χ1n) is 9.77. The summed E-state index contributed by atoms with van der Waals surface area (Å²) in [5.41, 5.74) is 0. The SMILES string of the molecule is COCC(O)COC(COCC1COC(C)(C)O1)COCC1COC(C)(C)O1. The van der Waals surface area contributed by atoms with Gasteiger partial charge in [0.05, 0.1) is 52.9 Å². The molecule has 0 aromatic carbocycles. The molecule has 0 amide bonds. The summed E-state index contributed by atoms with van der Waals surface area (Å²) in [5.74, 6) is -1.15. The molecule has 2 fully saturated rings. The Bertz CT molecular complexity index is 411. The number of aliphatic hydroxyl groups is 1. The fourth-order valence-corrected chi connectivity index (χ4v) is 2.98. The molecule has 2 rings (SSSR count). The van der Waals surface area contributed by atoms with Crippen LogP contribution in [0.1, 0.15) is 27.7 Å². The molecule has 0 bridgehead atoms. The minimum absolute atomic E-state index is 0.109. The molecule has 2 saturated heterocycles. The molecule has 3 unspecified atom stereocenters. The van der Waals surface area contributed by atoms with Crippen LogP contribution >= 0.6 is 0 Å². The highest BCUT2D eigenvalue weighted by atomic mass is 16.8. The van der Waals surface area contributed by atoms with Crippen LogP contribution in [0.15, 0.2) is 0 Å². The lowest BCUT2D eigenvalue weighted by Gasteiger charge is -2.22. The molecule has 2 heterocycles. The van der Waals surface area contributed by atoms with Crippen molar-refractivity contribution in [1.82, 2.24) is 0 Å². The molecule has 2 aliphatic heterocycles. The quantitative estimate of drug-likeness (QED) is 0.473. The Labute approximate surface area is 167 Å². The molecular formula is C19H36O9. The standard InChI is InChI=1S/C19H36O9/c1-18(2)25-12-16(27-18)10-22-8-15(24-7-14(20)6-21-5)9-23-11-17-13-26-19(3,4)28-17/h14-17,20H,6-13H2,1-5H3. The maximum atomic E-state index is 9.80. The van der Waals surface area contributed by atoms with E-state index in [1.807, 2.05) is 27.7 Å². The highest BCUT2D eigenvalue weighted by Crippen LogP contribution is 2.23. The molecule has 0 aromatic rings. The van der Waals surface area contributed by atoms with Crippen molar-refractivity contribution >= 4 is 0 Å². The van der Waals surface area contributed by atoms with Gasteiger partial charge in [0.25, 0.3) is 0 Å². The molecule has 0 saturated carbocycles. The maximum Gasteiger partial charge on any atom is 0.163 e. The number of rotatable bonds is 13. The number of aliphatic hydroxyl groups excluding tert-OH is 1. The largest absolute Gasteiger partial charge is 0.388 e. The fourth-order valence-electron chi connectivity index (χ4n) is 2.98. The molecule has 28 heavy (non-hydrogen) atoms. The average molecular weight is 408 g/mol. The van der Waals surface area contributed by atoms with Crippen LogP contribution in [0.5, 0.6) is 0 Å². The van der Waals surface area contributed by atoms with E-state index in [2.05, 4.69) is 0 Å². The predicted molar refractivity (Wildman–Crippen MR) is 99.1 cm³/mol.